The van der Waals surface area contributed by atoms with E-state index in [1.165, 1.54) is 36.4 Å². The Bertz CT molecular complexity index is 772. The van der Waals surface area contributed by atoms with Crippen LogP contribution < -0.4 is 5.32 Å². The van der Waals surface area contributed by atoms with Crippen molar-refractivity contribution in [2.45, 2.75) is 6.92 Å². The van der Waals surface area contributed by atoms with Gasteiger partial charge in [0.2, 0.25) is 0 Å². The molecule has 124 valence electrons. The molecule has 0 aliphatic heterocycles. The van der Waals surface area contributed by atoms with E-state index >= 15 is 0 Å². The maximum absolute atomic E-state index is 12.8. The molecule has 0 unspecified atom stereocenters. The highest BCUT2D eigenvalue weighted by Gasteiger charge is 2.07. The molecule has 0 saturated heterocycles. The van der Waals surface area contributed by atoms with E-state index in [2.05, 4.69) is 5.32 Å². The summed E-state index contributed by atoms with van der Waals surface area (Å²) in [5.41, 5.74) is 2.05. The van der Waals surface area contributed by atoms with Gasteiger partial charge in [-0.15, -0.1) is 0 Å². The van der Waals surface area contributed by atoms with Crippen molar-refractivity contribution in [3.63, 3.8) is 0 Å². The minimum Gasteiger partial charge on any atom is -0.452 e. The molecule has 1 amide bonds. The lowest BCUT2D eigenvalue weighted by atomic mass is 10.2. The molecule has 0 aliphatic rings. The number of rotatable bonds is 5. The number of esters is 1. The number of nitrogens with one attached hydrogen (secondary N) is 1. The van der Waals surface area contributed by atoms with Gasteiger partial charge in [0.05, 0.1) is 0 Å². The van der Waals surface area contributed by atoms with Crippen LogP contribution in [0.25, 0.3) is 6.08 Å². The van der Waals surface area contributed by atoms with Gasteiger partial charge in [0, 0.05) is 16.8 Å². The van der Waals surface area contributed by atoms with Gasteiger partial charge in [0.15, 0.2) is 6.61 Å². The Labute approximate surface area is 143 Å². The van der Waals surface area contributed by atoms with Crippen LogP contribution in [0.5, 0.6) is 0 Å². The lowest BCUT2D eigenvalue weighted by Gasteiger charge is -2.08. The second-order valence-electron chi connectivity index (χ2n) is 5.00. The second kappa shape index (κ2) is 8.26. The Morgan fingerprint density at radius 1 is 1.21 bits per heavy atom. The van der Waals surface area contributed by atoms with Crippen LogP contribution in [-0.2, 0) is 14.3 Å². The van der Waals surface area contributed by atoms with Gasteiger partial charge in [0.25, 0.3) is 5.91 Å². The van der Waals surface area contributed by atoms with Gasteiger partial charge >= 0.3 is 5.97 Å². The zero-order valence-electron chi connectivity index (χ0n) is 12.9. The third kappa shape index (κ3) is 5.52. The first-order valence-electron chi connectivity index (χ1n) is 7.10. The molecule has 24 heavy (non-hydrogen) atoms. The van der Waals surface area contributed by atoms with E-state index < -0.39 is 18.5 Å². The largest absolute Gasteiger partial charge is 0.452 e. The van der Waals surface area contributed by atoms with Crippen molar-refractivity contribution < 1.29 is 18.7 Å². The summed E-state index contributed by atoms with van der Waals surface area (Å²) in [7, 11) is 0. The number of hydrogen-bond donors (Lipinski definition) is 1. The highest BCUT2D eigenvalue weighted by atomic mass is 35.5. The molecular weight excluding hydrogens is 333 g/mol. The number of aryl methyl sites for hydroxylation is 1. The van der Waals surface area contributed by atoms with Crippen LogP contribution in [0.2, 0.25) is 5.02 Å². The van der Waals surface area contributed by atoms with E-state index in [0.717, 1.165) is 5.56 Å². The first-order chi connectivity index (χ1) is 11.4. The smallest absolute Gasteiger partial charge is 0.331 e. The molecule has 6 heteroatoms. The van der Waals surface area contributed by atoms with Gasteiger partial charge in [-0.1, -0.05) is 23.7 Å². The van der Waals surface area contributed by atoms with Crippen molar-refractivity contribution in [2.24, 2.45) is 0 Å². The maximum Gasteiger partial charge on any atom is 0.331 e. The molecule has 0 fully saturated rings. The van der Waals surface area contributed by atoms with Gasteiger partial charge in [-0.05, 0) is 54.5 Å². The average Bonchev–Trinajstić information content (AvgIpc) is 2.55. The summed E-state index contributed by atoms with van der Waals surface area (Å²) in [4.78, 5) is 23.3. The first-order valence-corrected chi connectivity index (χ1v) is 7.48. The molecule has 0 radical (unpaired) electrons. The highest BCUT2D eigenvalue weighted by molar-refractivity contribution is 6.30. The van der Waals surface area contributed by atoms with Crippen LogP contribution in [-0.4, -0.2) is 18.5 Å². The third-order valence-electron chi connectivity index (χ3n) is 3.09. The standard InChI is InChI=1S/C18H15ClFNO3/c1-12-10-14(19)5-8-16(12)21-17(22)11-24-18(23)9-4-13-2-6-15(20)7-3-13/h2-10H,11H2,1H3,(H,21,22). The molecule has 1 N–H and O–H groups in total. The number of hydrogen-bond acceptors (Lipinski definition) is 3. The van der Waals surface area contributed by atoms with E-state index in [-0.39, 0.29) is 5.82 Å². The van der Waals surface area contributed by atoms with Crippen LogP contribution in [0.3, 0.4) is 0 Å². The van der Waals surface area contributed by atoms with E-state index in [1.807, 2.05) is 0 Å². The van der Waals surface area contributed by atoms with Crippen LogP contribution in [0, 0.1) is 12.7 Å². The van der Waals surface area contributed by atoms with E-state index in [9.17, 15) is 14.0 Å². The van der Waals surface area contributed by atoms with Crippen LogP contribution in [0.15, 0.2) is 48.5 Å². The Morgan fingerprint density at radius 2 is 1.92 bits per heavy atom. The van der Waals surface area contributed by atoms with Gasteiger partial charge in [-0.2, -0.15) is 0 Å². The van der Waals surface area contributed by atoms with Crippen LogP contribution >= 0.6 is 11.6 Å². The van der Waals surface area contributed by atoms with Crippen LogP contribution in [0.1, 0.15) is 11.1 Å². The number of amides is 1. The summed E-state index contributed by atoms with van der Waals surface area (Å²) in [6.07, 6.45) is 2.65. The molecule has 0 spiro atoms. The predicted octanol–water partition coefficient (Wildman–Crippen LogP) is 3.98. The van der Waals surface area contributed by atoms with E-state index in [1.54, 1.807) is 25.1 Å². The Kier molecular flexibility index (Phi) is 6.09. The molecule has 0 aromatic heterocycles. The van der Waals surface area contributed by atoms with Gasteiger partial charge in [-0.25, -0.2) is 9.18 Å². The molecule has 0 bridgehead atoms. The highest BCUT2D eigenvalue weighted by Crippen LogP contribution is 2.19. The predicted molar refractivity (Wildman–Crippen MR) is 91.2 cm³/mol. The van der Waals surface area contributed by atoms with Crippen LogP contribution in [0.4, 0.5) is 10.1 Å². The molecule has 0 saturated carbocycles. The van der Waals surface area contributed by atoms with Crippen molar-refractivity contribution in [1.82, 2.24) is 0 Å². The fraction of sp³-hybridized carbons (Fsp3) is 0.111. The van der Waals surface area contributed by atoms with Gasteiger partial charge < -0.3 is 10.1 Å². The summed E-state index contributed by atoms with van der Waals surface area (Å²) in [5, 5.41) is 3.20. The summed E-state index contributed by atoms with van der Waals surface area (Å²) >= 11 is 5.84. The van der Waals surface area contributed by atoms with Crippen molar-refractivity contribution >= 4 is 35.2 Å². The Morgan fingerprint density at radius 3 is 2.58 bits per heavy atom. The molecular formula is C18H15ClFNO3. The fourth-order valence-electron chi connectivity index (χ4n) is 1.88. The topological polar surface area (TPSA) is 55.4 Å². The summed E-state index contributed by atoms with van der Waals surface area (Å²) < 4.78 is 17.6. The Hall–Kier alpha value is -2.66. The lowest BCUT2D eigenvalue weighted by molar-refractivity contribution is -0.142. The quantitative estimate of drug-likeness (QED) is 0.657. The third-order valence-corrected chi connectivity index (χ3v) is 3.33. The SMILES string of the molecule is Cc1cc(Cl)ccc1NC(=O)COC(=O)C=Cc1ccc(F)cc1. The normalized spacial score (nSPS) is 10.6. The van der Waals surface area contributed by atoms with Crippen molar-refractivity contribution in [3.8, 4) is 0 Å². The van der Waals surface area contributed by atoms with Crippen molar-refractivity contribution in [3.05, 3.63) is 70.5 Å². The number of halogens is 2. The molecule has 2 aromatic carbocycles. The Balaban J connectivity index is 1.82. The average molecular weight is 348 g/mol. The number of carbonyl (C=O) groups is 2. The summed E-state index contributed by atoms with van der Waals surface area (Å²) in [5.74, 6) is -1.48. The lowest BCUT2D eigenvalue weighted by Crippen LogP contribution is -2.20. The first kappa shape index (κ1) is 17.7. The number of carbonyl (C=O) groups excluding carboxylic acids is 2. The summed E-state index contributed by atoms with van der Waals surface area (Å²) in [6, 6.07) is 10.7. The van der Waals surface area contributed by atoms with E-state index in [0.29, 0.717) is 16.3 Å². The monoisotopic (exact) mass is 347 g/mol. The minimum absolute atomic E-state index is 0.358. The van der Waals surface area contributed by atoms with Crippen molar-refractivity contribution in [1.29, 1.82) is 0 Å². The van der Waals surface area contributed by atoms with Crippen molar-refractivity contribution in [2.75, 3.05) is 11.9 Å². The van der Waals surface area contributed by atoms with Gasteiger partial charge in [-0.3, -0.25) is 4.79 Å². The van der Waals surface area contributed by atoms with E-state index in [4.69, 9.17) is 16.3 Å². The molecule has 2 rings (SSSR count). The molecule has 4 nitrogen and oxygen atoms in total. The fourth-order valence-corrected chi connectivity index (χ4v) is 2.10. The molecule has 0 atom stereocenters. The second-order valence-corrected chi connectivity index (χ2v) is 5.44. The molecule has 2 aromatic rings. The maximum atomic E-state index is 12.8. The zero-order valence-corrected chi connectivity index (χ0v) is 13.6. The zero-order chi connectivity index (χ0) is 17.5. The number of benzene rings is 2. The molecule has 0 heterocycles. The van der Waals surface area contributed by atoms with Gasteiger partial charge in [0.1, 0.15) is 5.82 Å². The number of ether oxygens (including phenoxy) is 1. The minimum atomic E-state index is -0.665. The number of anilines is 1. The summed E-state index contributed by atoms with van der Waals surface area (Å²) in [6.45, 7) is 1.40. The molecule has 0 aliphatic carbocycles.